The van der Waals surface area contributed by atoms with Crippen LogP contribution in [0.2, 0.25) is 5.02 Å². The molecule has 0 saturated carbocycles. The van der Waals surface area contributed by atoms with Crippen molar-refractivity contribution in [3.63, 3.8) is 0 Å². The molecule has 1 amide bonds. The Balaban J connectivity index is 1.44. The maximum Gasteiger partial charge on any atom is 0.356 e. The van der Waals surface area contributed by atoms with E-state index in [4.69, 9.17) is 16.3 Å². The van der Waals surface area contributed by atoms with Crippen LogP contribution in [0.4, 0.5) is 11.4 Å². The lowest BCUT2D eigenvalue weighted by atomic mass is 10.2. The number of fused-ring (bicyclic) bond motifs is 1. The molecule has 3 aromatic rings. The van der Waals surface area contributed by atoms with Crippen molar-refractivity contribution in [1.29, 1.82) is 0 Å². The van der Waals surface area contributed by atoms with E-state index in [1.807, 2.05) is 18.2 Å². The molecule has 1 fully saturated rings. The largest absolute Gasteiger partial charge is 0.464 e. The highest BCUT2D eigenvalue weighted by Gasteiger charge is 2.25. The number of methoxy groups -OCH3 is 1. The zero-order chi connectivity index (χ0) is 21.1. The molecule has 3 N–H and O–H groups in total. The maximum absolute atomic E-state index is 12.8. The molecule has 2 aromatic carbocycles. The molecule has 4 rings (SSSR count). The Bertz CT molecular complexity index is 1060. The van der Waals surface area contributed by atoms with E-state index < -0.39 is 5.97 Å². The summed E-state index contributed by atoms with van der Waals surface area (Å²) in [6, 6.07) is 15.5. The van der Waals surface area contributed by atoms with Gasteiger partial charge in [-0.05, 0) is 30.3 Å². The van der Waals surface area contributed by atoms with Gasteiger partial charge in [0.1, 0.15) is 5.69 Å². The van der Waals surface area contributed by atoms with Gasteiger partial charge in [-0.3, -0.25) is 4.79 Å². The summed E-state index contributed by atoms with van der Waals surface area (Å²) >= 11 is 6.12. The van der Waals surface area contributed by atoms with Crippen LogP contribution in [0.1, 0.15) is 10.5 Å². The van der Waals surface area contributed by atoms with Crippen molar-refractivity contribution in [2.45, 2.75) is 0 Å². The first-order chi connectivity index (χ1) is 14.5. The second-order valence-corrected chi connectivity index (χ2v) is 7.79. The number of anilines is 2. The van der Waals surface area contributed by atoms with Crippen LogP contribution in [-0.2, 0) is 9.53 Å². The second kappa shape index (κ2) is 8.77. The number of nitrogens with one attached hydrogen (secondary N) is 3. The summed E-state index contributed by atoms with van der Waals surface area (Å²) in [4.78, 5) is 31.5. The molecular weight excluding hydrogens is 404 g/mol. The number of H-pyrrole nitrogens is 1. The van der Waals surface area contributed by atoms with Crippen LogP contribution in [0, 0.1) is 0 Å². The molecule has 7 nitrogen and oxygen atoms in total. The van der Waals surface area contributed by atoms with E-state index in [0.29, 0.717) is 28.2 Å². The Hall–Kier alpha value is -3.03. The first-order valence-electron chi connectivity index (χ1n) is 9.88. The molecule has 1 aromatic heterocycles. The van der Waals surface area contributed by atoms with Crippen LogP contribution in [0.15, 0.2) is 48.5 Å². The molecule has 1 aliphatic heterocycles. The molecule has 1 saturated heterocycles. The van der Waals surface area contributed by atoms with Crippen molar-refractivity contribution in [3.05, 3.63) is 59.2 Å². The number of aromatic nitrogens is 1. The van der Waals surface area contributed by atoms with Gasteiger partial charge in [0.05, 0.1) is 39.0 Å². The standard InChI is InChI=1S/C22H23ClN4O3/c1-30-22(29)21-20(17-13-15(23)7-8-18(17)24-21)25-19(28)14-26-9-11-27(12-10-26)16-5-3-2-4-6-16/h2-8,13,24H,9-12,14H2,1H3,(H,25,28)/p+1. The van der Waals surface area contributed by atoms with Gasteiger partial charge in [-0.15, -0.1) is 0 Å². The molecule has 8 heteroatoms. The first-order valence-corrected chi connectivity index (χ1v) is 10.3. The van der Waals surface area contributed by atoms with Crippen LogP contribution < -0.4 is 15.1 Å². The number of carbonyl (C=O) groups is 2. The summed E-state index contributed by atoms with van der Waals surface area (Å²) in [5, 5.41) is 4.11. The van der Waals surface area contributed by atoms with Crippen LogP contribution in [0.25, 0.3) is 10.9 Å². The van der Waals surface area contributed by atoms with Crippen molar-refractivity contribution in [2.24, 2.45) is 0 Å². The molecule has 0 atom stereocenters. The summed E-state index contributed by atoms with van der Waals surface area (Å²) in [6.45, 7) is 3.85. The fourth-order valence-corrected chi connectivity index (χ4v) is 4.03. The molecular formula is C22H24ClN4O3+. The smallest absolute Gasteiger partial charge is 0.356 e. The van der Waals surface area contributed by atoms with E-state index in [2.05, 4.69) is 27.3 Å². The molecule has 30 heavy (non-hydrogen) atoms. The number of hydrogen-bond donors (Lipinski definition) is 3. The van der Waals surface area contributed by atoms with E-state index in [1.54, 1.807) is 18.2 Å². The number of benzene rings is 2. The van der Waals surface area contributed by atoms with E-state index in [-0.39, 0.29) is 11.6 Å². The van der Waals surface area contributed by atoms with Crippen molar-refractivity contribution in [1.82, 2.24) is 4.98 Å². The second-order valence-electron chi connectivity index (χ2n) is 7.35. The minimum Gasteiger partial charge on any atom is -0.464 e. The predicted molar refractivity (Wildman–Crippen MR) is 117 cm³/mol. The predicted octanol–water partition coefficient (Wildman–Crippen LogP) is 1.95. The number of nitrogens with zero attached hydrogens (tertiary/aromatic N) is 1. The third kappa shape index (κ3) is 4.27. The molecule has 0 spiro atoms. The highest BCUT2D eigenvalue weighted by molar-refractivity contribution is 6.31. The van der Waals surface area contributed by atoms with E-state index in [0.717, 1.165) is 26.2 Å². The molecule has 156 valence electrons. The molecule has 0 radical (unpaired) electrons. The number of carbonyl (C=O) groups excluding carboxylic acids is 2. The van der Waals surface area contributed by atoms with Crippen LogP contribution in [0.5, 0.6) is 0 Å². The maximum atomic E-state index is 12.8. The number of aromatic amines is 1. The normalized spacial score (nSPS) is 14.7. The summed E-state index contributed by atoms with van der Waals surface area (Å²) in [6.07, 6.45) is 0. The van der Waals surface area contributed by atoms with Crippen molar-refractivity contribution >= 4 is 45.8 Å². The highest BCUT2D eigenvalue weighted by atomic mass is 35.5. The van der Waals surface area contributed by atoms with Crippen LogP contribution in [-0.4, -0.2) is 56.7 Å². The third-order valence-electron chi connectivity index (χ3n) is 5.42. The van der Waals surface area contributed by atoms with Crippen molar-refractivity contribution in [3.8, 4) is 0 Å². The minimum absolute atomic E-state index is 0.149. The monoisotopic (exact) mass is 427 g/mol. The Kier molecular flexibility index (Phi) is 5.92. The number of piperazine rings is 1. The highest BCUT2D eigenvalue weighted by Crippen LogP contribution is 2.30. The Labute approximate surface area is 179 Å². The lowest BCUT2D eigenvalue weighted by Gasteiger charge is -2.33. The Morgan fingerprint density at radius 1 is 1.17 bits per heavy atom. The minimum atomic E-state index is -0.540. The van der Waals surface area contributed by atoms with Crippen molar-refractivity contribution < 1.29 is 19.2 Å². The van der Waals surface area contributed by atoms with E-state index in [1.165, 1.54) is 17.7 Å². The van der Waals surface area contributed by atoms with Gasteiger partial charge in [0, 0.05) is 21.6 Å². The van der Waals surface area contributed by atoms with Gasteiger partial charge >= 0.3 is 5.97 Å². The number of esters is 1. The molecule has 2 heterocycles. The lowest BCUT2D eigenvalue weighted by molar-refractivity contribution is -0.892. The number of rotatable bonds is 5. The molecule has 0 unspecified atom stereocenters. The topological polar surface area (TPSA) is 78.9 Å². The summed E-state index contributed by atoms with van der Waals surface area (Å²) in [5.41, 5.74) is 2.54. The summed E-state index contributed by atoms with van der Waals surface area (Å²) in [5.74, 6) is -0.689. The Morgan fingerprint density at radius 3 is 2.60 bits per heavy atom. The van der Waals surface area contributed by atoms with Gasteiger partial charge in [-0.2, -0.15) is 0 Å². The van der Waals surface area contributed by atoms with Gasteiger partial charge in [0.15, 0.2) is 6.54 Å². The van der Waals surface area contributed by atoms with Gasteiger partial charge in [0.25, 0.3) is 5.91 Å². The summed E-state index contributed by atoms with van der Waals surface area (Å²) in [7, 11) is 1.31. The average molecular weight is 428 g/mol. The van der Waals surface area contributed by atoms with E-state index >= 15 is 0 Å². The van der Waals surface area contributed by atoms with E-state index in [9.17, 15) is 9.59 Å². The number of amides is 1. The number of hydrogen-bond acceptors (Lipinski definition) is 4. The number of quaternary nitrogens is 1. The fraction of sp³-hybridized carbons (Fsp3) is 0.273. The Morgan fingerprint density at radius 2 is 1.90 bits per heavy atom. The zero-order valence-electron chi connectivity index (χ0n) is 16.7. The number of para-hydroxylation sites is 1. The van der Waals surface area contributed by atoms with Gasteiger partial charge in [0.2, 0.25) is 0 Å². The van der Waals surface area contributed by atoms with Crippen LogP contribution in [0.3, 0.4) is 0 Å². The molecule has 1 aliphatic rings. The number of ether oxygens (including phenoxy) is 1. The third-order valence-corrected chi connectivity index (χ3v) is 5.65. The van der Waals surface area contributed by atoms with Gasteiger partial charge in [-0.1, -0.05) is 29.8 Å². The quantitative estimate of drug-likeness (QED) is 0.544. The zero-order valence-corrected chi connectivity index (χ0v) is 17.5. The molecule has 0 aliphatic carbocycles. The first kappa shape index (κ1) is 20.3. The lowest BCUT2D eigenvalue weighted by Crippen LogP contribution is -3.15. The SMILES string of the molecule is COC(=O)c1[nH]c2ccc(Cl)cc2c1NC(=O)C[NH+]1CCN(c2ccccc2)CC1. The van der Waals surface area contributed by atoms with Crippen LogP contribution >= 0.6 is 11.6 Å². The average Bonchev–Trinajstić information content (AvgIpc) is 3.11. The molecule has 0 bridgehead atoms. The number of halogens is 1. The van der Waals surface area contributed by atoms with Crippen molar-refractivity contribution in [2.75, 3.05) is 50.1 Å². The fourth-order valence-electron chi connectivity index (χ4n) is 3.86. The van der Waals surface area contributed by atoms with Gasteiger partial charge in [-0.25, -0.2) is 4.79 Å². The summed E-state index contributed by atoms with van der Waals surface area (Å²) < 4.78 is 4.86. The van der Waals surface area contributed by atoms with Gasteiger partial charge < -0.3 is 24.8 Å².